The molecule has 0 aliphatic carbocycles. The van der Waals surface area contributed by atoms with Crippen molar-refractivity contribution in [3.63, 3.8) is 0 Å². The van der Waals surface area contributed by atoms with Crippen LogP contribution in [0.15, 0.2) is 140 Å². The molecule has 2 heterocycles. The largest absolute Gasteiger partial charge is 0.478 e. The fourth-order valence-corrected chi connectivity index (χ4v) is 6.45. The number of nitrogens with zero attached hydrogens (tertiary/aromatic N) is 2. The molecule has 5 nitrogen and oxygen atoms in total. The molecule has 0 spiro atoms. The van der Waals surface area contributed by atoms with Crippen LogP contribution in [0, 0.1) is 0 Å². The van der Waals surface area contributed by atoms with Gasteiger partial charge in [0.15, 0.2) is 0 Å². The predicted molar refractivity (Wildman–Crippen MR) is 174 cm³/mol. The molecule has 44 heavy (non-hydrogen) atoms. The Bertz CT molecular complexity index is 2240. The Hall–Kier alpha value is -6.07. The van der Waals surface area contributed by atoms with Crippen LogP contribution in [0.3, 0.4) is 0 Å². The number of aromatic nitrogens is 2. The normalized spacial score (nSPS) is 11.9. The summed E-state index contributed by atoms with van der Waals surface area (Å²) >= 11 is 0. The standard InChI is InChI=1S/C39H24N2O3/c42-38-36-34(27-19-11-4-12-20-27)32(25-15-7-2-8-16-25)31(24-13-5-1-6-14-24)33(26-17-9-3-10-18-26)35(36)37-40-29-22-21-28(39(43)44)23-30(29)41(37)38/h1-23H,(H,43,44). The van der Waals surface area contributed by atoms with Gasteiger partial charge in [-0.25, -0.2) is 9.78 Å². The molecule has 8 rings (SSSR count). The number of rotatable bonds is 5. The predicted octanol–water partition coefficient (Wildman–Crippen LogP) is 9.07. The second-order valence-corrected chi connectivity index (χ2v) is 10.8. The summed E-state index contributed by atoms with van der Waals surface area (Å²) in [5.41, 5.74) is 9.99. The third kappa shape index (κ3) is 3.83. The summed E-state index contributed by atoms with van der Waals surface area (Å²) in [5.74, 6) is -0.777. The highest BCUT2D eigenvalue weighted by atomic mass is 16.4. The van der Waals surface area contributed by atoms with Crippen molar-refractivity contribution in [1.29, 1.82) is 0 Å². The Morgan fingerprint density at radius 2 is 0.932 bits per heavy atom. The van der Waals surface area contributed by atoms with E-state index in [1.165, 1.54) is 6.07 Å². The fraction of sp³-hybridized carbons (Fsp3) is 0. The molecule has 0 bridgehead atoms. The first-order valence-corrected chi connectivity index (χ1v) is 14.4. The number of benzene rings is 6. The SMILES string of the molecule is O=C(O)c1ccc2nc3n(c2c1)C(=O)c1c(-c2ccccc2)c(-c2ccccc2)c(-c2ccccc2)c(-c2ccccc2)c1-3. The number of hydrogen-bond acceptors (Lipinski definition) is 3. The Morgan fingerprint density at radius 3 is 1.36 bits per heavy atom. The molecule has 6 aromatic carbocycles. The second-order valence-electron chi connectivity index (χ2n) is 10.8. The summed E-state index contributed by atoms with van der Waals surface area (Å²) < 4.78 is 1.59. The zero-order chi connectivity index (χ0) is 29.8. The molecular weight excluding hydrogens is 544 g/mol. The number of carbonyl (C=O) groups is 2. The molecule has 1 aliphatic heterocycles. The maximum Gasteiger partial charge on any atom is 0.335 e. The molecule has 208 valence electrons. The summed E-state index contributed by atoms with van der Waals surface area (Å²) in [4.78, 5) is 31.8. The minimum absolute atomic E-state index is 0.102. The Balaban J connectivity index is 1.63. The molecule has 0 unspecified atom stereocenters. The smallest absolute Gasteiger partial charge is 0.335 e. The molecule has 1 N–H and O–H groups in total. The third-order valence-corrected chi connectivity index (χ3v) is 8.29. The van der Waals surface area contributed by atoms with Gasteiger partial charge in [0.25, 0.3) is 5.91 Å². The van der Waals surface area contributed by atoms with E-state index in [2.05, 4.69) is 36.4 Å². The lowest BCUT2D eigenvalue weighted by Crippen LogP contribution is -2.09. The van der Waals surface area contributed by atoms with Crippen molar-refractivity contribution in [2.45, 2.75) is 0 Å². The van der Waals surface area contributed by atoms with Gasteiger partial charge in [-0.2, -0.15) is 0 Å². The lowest BCUT2D eigenvalue weighted by Gasteiger charge is -2.24. The van der Waals surface area contributed by atoms with Gasteiger partial charge < -0.3 is 5.11 Å². The average molecular weight is 569 g/mol. The summed E-state index contributed by atoms with van der Waals surface area (Å²) in [6.45, 7) is 0. The zero-order valence-corrected chi connectivity index (χ0v) is 23.4. The van der Waals surface area contributed by atoms with Gasteiger partial charge in [0.2, 0.25) is 0 Å². The van der Waals surface area contributed by atoms with Gasteiger partial charge in [0.05, 0.1) is 22.2 Å². The van der Waals surface area contributed by atoms with Crippen LogP contribution in [0.1, 0.15) is 20.7 Å². The number of carboxylic acids is 1. The number of carbonyl (C=O) groups excluding carboxylic acids is 1. The van der Waals surface area contributed by atoms with Crippen molar-refractivity contribution in [1.82, 2.24) is 9.55 Å². The van der Waals surface area contributed by atoms with E-state index >= 15 is 0 Å². The average Bonchev–Trinajstić information content (AvgIpc) is 3.59. The van der Waals surface area contributed by atoms with Crippen LogP contribution in [0.2, 0.25) is 0 Å². The highest BCUT2D eigenvalue weighted by molar-refractivity contribution is 6.24. The maximum absolute atomic E-state index is 14.8. The lowest BCUT2D eigenvalue weighted by atomic mass is 9.77. The van der Waals surface area contributed by atoms with Gasteiger partial charge in [-0.05, 0) is 51.6 Å². The molecule has 0 fully saturated rings. The Morgan fingerprint density at radius 1 is 0.523 bits per heavy atom. The Kier molecular flexibility index (Phi) is 5.84. The fourth-order valence-electron chi connectivity index (χ4n) is 6.45. The van der Waals surface area contributed by atoms with Crippen LogP contribution in [-0.2, 0) is 0 Å². The van der Waals surface area contributed by atoms with Crippen molar-refractivity contribution in [3.05, 3.63) is 151 Å². The number of imidazole rings is 1. The van der Waals surface area contributed by atoms with Crippen molar-refractivity contribution in [2.24, 2.45) is 0 Å². The maximum atomic E-state index is 14.8. The molecule has 0 atom stereocenters. The van der Waals surface area contributed by atoms with E-state index in [-0.39, 0.29) is 11.5 Å². The lowest BCUT2D eigenvalue weighted by molar-refractivity contribution is 0.0696. The second kappa shape index (κ2) is 10.0. The molecule has 1 aromatic heterocycles. The molecular formula is C39H24N2O3. The summed E-state index contributed by atoms with van der Waals surface area (Å²) in [7, 11) is 0. The van der Waals surface area contributed by atoms with Gasteiger partial charge in [0.1, 0.15) is 5.82 Å². The molecule has 1 aliphatic rings. The van der Waals surface area contributed by atoms with E-state index in [0.29, 0.717) is 22.4 Å². The molecule has 0 amide bonds. The molecule has 5 heteroatoms. The van der Waals surface area contributed by atoms with Gasteiger partial charge in [-0.3, -0.25) is 9.36 Å². The van der Waals surface area contributed by atoms with Crippen molar-refractivity contribution in [3.8, 4) is 55.9 Å². The van der Waals surface area contributed by atoms with Crippen LogP contribution in [0.4, 0.5) is 0 Å². The van der Waals surface area contributed by atoms with Crippen molar-refractivity contribution in [2.75, 3.05) is 0 Å². The van der Waals surface area contributed by atoms with E-state index in [0.717, 1.165) is 50.1 Å². The summed E-state index contributed by atoms with van der Waals surface area (Å²) in [6, 6.07) is 45.3. The highest BCUT2D eigenvalue weighted by Gasteiger charge is 2.39. The number of fused-ring (bicyclic) bond motifs is 5. The Labute approximate surface area is 253 Å². The quantitative estimate of drug-likeness (QED) is 0.225. The van der Waals surface area contributed by atoms with Crippen LogP contribution in [0.5, 0.6) is 0 Å². The third-order valence-electron chi connectivity index (χ3n) is 8.29. The van der Waals surface area contributed by atoms with E-state index < -0.39 is 5.97 Å². The first kappa shape index (κ1) is 25.6. The van der Waals surface area contributed by atoms with Crippen LogP contribution in [-0.4, -0.2) is 26.5 Å². The molecule has 0 saturated heterocycles. The van der Waals surface area contributed by atoms with E-state index in [1.807, 2.05) is 84.9 Å². The number of carboxylic acid groups (broad SMARTS) is 1. The van der Waals surface area contributed by atoms with E-state index in [4.69, 9.17) is 4.98 Å². The molecule has 0 radical (unpaired) electrons. The molecule has 7 aromatic rings. The first-order chi connectivity index (χ1) is 21.6. The topological polar surface area (TPSA) is 72.2 Å². The van der Waals surface area contributed by atoms with Crippen molar-refractivity contribution >= 4 is 22.9 Å². The summed E-state index contributed by atoms with van der Waals surface area (Å²) in [5, 5.41) is 9.77. The van der Waals surface area contributed by atoms with Gasteiger partial charge in [-0.1, -0.05) is 121 Å². The van der Waals surface area contributed by atoms with E-state index in [9.17, 15) is 14.7 Å². The minimum Gasteiger partial charge on any atom is -0.478 e. The van der Waals surface area contributed by atoms with Crippen LogP contribution < -0.4 is 0 Å². The van der Waals surface area contributed by atoms with Crippen molar-refractivity contribution < 1.29 is 14.7 Å². The monoisotopic (exact) mass is 568 g/mol. The zero-order valence-electron chi connectivity index (χ0n) is 23.4. The highest BCUT2D eigenvalue weighted by Crippen LogP contribution is 2.55. The van der Waals surface area contributed by atoms with Crippen LogP contribution >= 0.6 is 0 Å². The van der Waals surface area contributed by atoms with Gasteiger partial charge in [-0.15, -0.1) is 0 Å². The number of aromatic carboxylic acids is 1. The number of hydrogen-bond donors (Lipinski definition) is 1. The summed E-state index contributed by atoms with van der Waals surface area (Å²) in [6.07, 6.45) is 0. The first-order valence-electron chi connectivity index (χ1n) is 14.4. The van der Waals surface area contributed by atoms with Crippen LogP contribution in [0.25, 0.3) is 66.9 Å². The minimum atomic E-state index is -1.06. The van der Waals surface area contributed by atoms with E-state index in [1.54, 1.807) is 16.7 Å². The van der Waals surface area contributed by atoms with Gasteiger partial charge in [0, 0.05) is 16.7 Å². The van der Waals surface area contributed by atoms with Gasteiger partial charge >= 0.3 is 5.97 Å². The molecule has 0 saturated carbocycles.